The average molecular weight is 274 g/mol. The van der Waals surface area contributed by atoms with Crippen molar-refractivity contribution in [2.75, 3.05) is 19.6 Å². The third-order valence-corrected chi connectivity index (χ3v) is 4.23. The Morgan fingerprint density at radius 2 is 2.30 bits per heavy atom. The number of nitrogens with one attached hydrogen (secondary N) is 1. The fourth-order valence-corrected chi connectivity index (χ4v) is 3.10. The number of hydrogen-bond donors (Lipinski definition) is 1. The van der Waals surface area contributed by atoms with Gasteiger partial charge in [0.1, 0.15) is 0 Å². The van der Waals surface area contributed by atoms with Crippen LogP contribution in [-0.4, -0.2) is 35.2 Å². The minimum Gasteiger partial charge on any atom is -0.302 e. The first-order valence-corrected chi connectivity index (χ1v) is 6.98. The molecule has 0 aliphatic carbocycles. The van der Waals surface area contributed by atoms with Crippen LogP contribution in [0.5, 0.6) is 0 Å². The van der Waals surface area contributed by atoms with Gasteiger partial charge in [-0.1, -0.05) is 19.1 Å². The zero-order valence-corrected chi connectivity index (χ0v) is 11.5. The van der Waals surface area contributed by atoms with Crippen molar-refractivity contribution in [1.82, 2.24) is 10.3 Å². The van der Waals surface area contributed by atoms with Crippen molar-refractivity contribution in [3.05, 3.63) is 39.9 Å². The number of benzene rings is 1. The van der Waals surface area contributed by atoms with Crippen molar-refractivity contribution in [3.8, 4) is 0 Å². The number of hydrazone groups is 1. The summed E-state index contributed by atoms with van der Waals surface area (Å²) in [5.74, 6) is 0.241. The van der Waals surface area contributed by atoms with Gasteiger partial charge in [0.15, 0.2) is 0 Å². The van der Waals surface area contributed by atoms with E-state index in [1.54, 1.807) is 12.1 Å². The van der Waals surface area contributed by atoms with Gasteiger partial charge >= 0.3 is 0 Å². The molecule has 1 aromatic carbocycles. The summed E-state index contributed by atoms with van der Waals surface area (Å²) in [4.78, 5) is 13.3. The summed E-state index contributed by atoms with van der Waals surface area (Å²) >= 11 is 0. The molecule has 20 heavy (non-hydrogen) atoms. The molecule has 1 aromatic rings. The van der Waals surface area contributed by atoms with Crippen LogP contribution in [0.4, 0.5) is 5.69 Å². The molecule has 2 unspecified atom stereocenters. The molecule has 0 amide bonds. The van der Waals surface area contributed by atoms with Crippen molar-refractivity contribution in [2.45, 2.75) is 19.4 Å². The fraction of sp³-hybridized carbons (Fsp3) is 0.500. The van der Waals surface area contributed by atoms with Crippen LogP contribution in [0.1, 0.15) is 24.9 Å². The Labute approximate surface area is 117 Å². The van der Waals surface area contributed by atoms with E-state index >= 15 is 0 Å². The van der Waals surface area contributed by atoms with Crippen molar-refractivity contribution in [3.63, 3.8) is 0 Å². The molecule has 0 aromatic heterocycles. The van der Waals surface area contributed by atoms with Gasteiger partial charge in [-0.15, -0.1) is 0 Å². The molecule has 2 aliphatic rings. The van der Waals surface area contributed by atoms with Crippen LogP contribution in [0.15, 0.2) is 29.4 Å². The number of hydrogen-bond acceptors (Lipinski definition) is 5. The van der Waals surface area contributed by atoms with Crippen molar-refractivity contribution < 1.29 is 4.92 Å². The maximum Gasteiger partial charge on any atom is 0.274 e. The first-order valence-electron chi connectivity index (χ1n) is 6.98. The molecular formula is C14H18N4O2. The second kappa shape index (κ2) is 5.20. The Balaban J connectivity index is 1.90. The molecule has 0 saturated carbocycles. The maximum atomic E-state index is 11.2. The molecule has 0 bridgehead atoms. The minimum absolute atomic E-state index is 0.0825. The van der Waals surface area contributed by atoms with Gasteiger partial charge in [-0.25, -0.2) is 0 Å². The van der Waals surface area contributed by atoms with E-state index in [2.05, 4.69) is 22.4 Å². The van der Waals surface area contributed by atoms with E-state index in [1.165, 1.54) is 0 Å². The van der Waals surface area contributed by atoms with E-state index < -0.39 is 0 Å². The van der Waals surface area contributed by atoms with Crippen LogP contribution in [0.25, 0.3) is 0 Å². The Kier molecular flexibility index (Phi) is 3.40. The van der Waals surface area contributed by atoms with Gasteiger partial charge in [0, 0.05) is 37.2 Å². The van der Waals surface area contributed by atoms with Crippen LogP contribution in [0.3, 0.4) is 0 Å². The Bertz CT molecular complexity index is 558. The molecular weight excluding hydrogens is 256 g/mol. The third kappa shape index (κ3) is 2.16. The molecule has 1 saturated heterocycles. The van der Waals surface area contributed by atoms with Gasteiger partial charge in [0.05, 0.1) is 16.5 Å². The molecule has 2 heterocycles. The highest BCUT2D eigenvalue weighted by Crippen LogP contribution is 2.36. The van der Waals surface area contributed by atoms with Crippen molar-refractivity contribution in [1.29, 1.82) is 0 Å². The SMILES string of the molecule is CCN1CCC2=NNC(c3ccccc3[N+](=O)[O-])C2C1. The van der Waals surface area contributed by atoms with Crippen LogP contribution in [-0.2, 0) is 0 Å². The molecule has 0 spiro atoms. The van der Waals surface area contributed by atoms with E-state index in [4.69, 9.17) is 0 Å². The summed E-state index contributed by atoms with van der Waals surface area (Å²) in [5, 5.41) is 15.6. The molecule has 1 fully saturated rings. The lowest BCUT2D eigenvalue weighted by atomic mass is 9.86. The second-order valence-corrected chi connectivity index (χ2v) is 5.28. The predicted octanol–water partition coefficient (Wildman–Crippen LogP) is 1.94. The lowest BCUT2D eigenvalue weighted by Crippen LogP contribution is -2.41. The number of likely N-dealkylation sites (tertiary alicyclic amines) is 1. The summed E-state index contributed by atoms with van der Waals surface area (Å²) in [7, 11) is 0. The smallest absolute Gasteiger partial charge is 0.274 e. The topological polar surface area (TPSA) is 70.8 Å². The minimum atomic E-state index is -0.310. The maximum absolute atomic E-state index is 11.2. The van der Waals surface area contributed by atoms with E-state index in [1.807, 2.05) is 12.1 Å². The van der Waals surface area contributed by atoms with Gasteiger partial charge in [0.25, 0.3) is 5.69 Å². The van der Waals surface area contributed by atoms with Gasteiger partial charge in [0.2, 0.25) is 0 Å². The second-order valence-electron chi connectivity index (χ2n) is 5.28. The number of piperidine rings is 1. The van der Waals surface area contributed by atoms with E-state index in [0.717, 1.165) is 37.3 Å². The standard InChI is InChI=1S/C14H18N4O2/c1-2-17-8-7-12-11(9-17)14(16-15-12)10-5-3-4-6-13(10)18(19)20/h3-6,11,14,16H,2,7-9H2,1H3. The van der Waals surface area contributed by atoms with Crippen molar-refractivity contribution in [2.24, 2.45) is 11.0 Å². The molecule has 3 rings (SSSR count). The summed E-state index contributed by atoms with van der Waals surface area (Å²) in [5.41, 5.74) is 5.17. The highest BCUT2D eigenvalue weighted by Gasteiger charge is 2.39. The number of nitro groups is 1. The van der Waals surface area contributed by atoms with Crippen molar-refractivity contribution >= 4 is 11.4 Å². The van der Waals surface area contributed by atoms with Gasteiger partial charge in [-0.2, -0.15) is 5.10 Å². The van der Waals surface area contributed by atoms with Crippen LogP contribution in [0.2, 0.25) is 0 Å². The Morgan fingerprint density at radius 3 is 3.05 bits per heavy atom. The molecule has 0 radical (unpaired) electrons. The van der Waals surface area contributed by atoms with E-state index in [-0.39, 0.29) is 22.6 Å². The summed E-state index contributed by atoms with van der Waals surface area (Å²) in [6.45, 7) is 5.09. The largest absolute Gasteiger partial charge is 0.302 e. The number of fused-ring (bicyclic) bond motifs is 1. The molecule has 6 heteroatoms. The number of nitrogens with zero attached hydrogens (tertiary/aromatic N) is 3. The first kappa shape index (κ1) is 13.1. The normalized spacial score (nSPS) is 25.8. The fourth-order valence-electron chi connectivity index (χ4n) is 3.10. The molecule has 6 nitrogen and oxygen atoms in total. The number of para-hydroxylation sites is 1. The Morgan fingerprint density at radius 1 is 1.50 bits per heavy atom. The number of nitro benzene ring substituents is 1. The highest BCUT2D eigenvalue weighted by molar-refractivity contribution is 5.90. The lowest BCUT2D eigenvalue weighted by Gasteiger charge is -2.32. The zero-order valence-electron chi connectivity index (χ0n) is 11.5. The molecule has 2 atom stereocenters. The van der Waals surface area contributed by atoms with Gasteiger partial charge in [-0.05, 0) is 12.6 Å². The number of rotatable bonds is 3. The first-order chi connectivity index (χ1) is 9.70. The molecule has 2 aliphatic heterocycles. The van der Waals surface area contributed by atoms with Gasteiger partial charge in [-0.3, -0.25) is 10.1 Å². The zero-order chi connectivity index (χ0) is 14.1. The highest BCUT2D eigenvalue weighted by atomic mass is 16.6. The van der Waals surface area contributed by atoms with E-state index in [0.29, 0.717) is 0 Å². The monoisotopic (exact) mass is 274 g/mol. The Hall–Kier alpha value is -1.95. The summed E-state index contributed by atoms with van der Waals surface area (Å²) in [6.07, 6.45) is 0.947. The summed E-state index contributed by atoms with van der Waals surface area (Å²) < 4.78 is 0. The quantitative estimate of drug-likeness (QED) is 0.675. The van der Waals surface area contributed by atoms with E-state index in [9.17, 15) is 10.1 Å². The van der Waals surface area contributed by atoms with Crippen LogP contribution < -0.4 is 5.43 Å². The summed E-state index contributed by atoms with van der Waals surface area (Å²) in [6, 6.07) is 6.87. The van der Waals surface area contributed by atoms with Crippen LogP contribution in [0, 0.1) is 16.0 Å². The third-order valence-electron chi connectivity index (χ3n) is 4.23. The predicted molar refractivity (Wildman–Crippen MR) is 76.6 cm³/mol. The van der Waals surface area contributed by atoms with Crippen LogP contribution >= 0.6 is 0 Å². The van der Waals surface area contributed by atoms with Gasteiger partial charge < -0.3 is 10.3 Å². The average Bonchev–Trinajstić information content (AvgIpc) is 2.89. The molecule has 106 valence electrons. The molecule has 1 N–H and O–H groups in total. The lowest BCUT2D eigenvalue weighted by molar-refractivity contribution is -0.385.